The van der Waals surface area contributed by atoms with Gasteiger partial charge in [-0.05, 0) is 0 Å². The fourth-order valence-corrected chi connectivity index (χ4v) is 0.891. The summed E-state index contributed by atoms with van der Waals surface area (Å²) in [6, 6.07) is 0. The molecule has 0 atom stereocenters. The van der Waals surface area contributed by atoms with Gasteiger partial charge in [0.1, 0.15) is 0 Å². The molecule has 0 aromatic rings. The minimum atomic E-state index is -3.85. The van der Waals surface area contributed by atoms with E-state index in [1.54, 1.807) is 0 Å². The van der Waals surface area contributed by atoms with Gasteiger partial charge in [-0.3, -0.25) is 0 Å². The number of hydrogen-bond donors (Lipinski definition) is 0. The van der Waals surface area contributed by atoms with Gasteiger partial charge < -0.3 is 0 Å². The Bertz CT molecular complexity index is 204. The van der Waals surface area contributed by atoms with Crippen LogP contribution in [0.3, 0.4) is 0 Å². The van der Waals surface area contributed by atoms with Gasteiger partial charge >= 0.3 is 40.0 Å². The van der Waals surface area contributed by atoms with Crippen molar-refractivity contribution in [3.63, 3.8) is 0 Å². The Balaban J connectivity index is 0. The van der Waals surface area contributed by atoms with E-state index in [2.05, 4.69) is 21.5 Å². The number of rotatable bonds is 6. The second-order valence-electron chi connectivity index (χ2n) is 1.55. The molecule has 6 heteroatoms. The maximum atomic E-state index is 10.6. The summed E-state index contributed by atoms with van der Waals surface area (Å²) in [5, 5.41) is 0. The summed E-state index contributed by atoms with van der Waals surface area (Å²) in [7, 11) is -3.85. The van der Waals surface area contributed by atoms with Crippen LogP contribution in [0.4, 0.5) is 0 Å². The normalized spacial score (nSPS) is 10.0. The van der Waals surface area contributed by atoms with Crippen LogP contribution in [-0.4, -0.2) is 51.2 Å². The van der Waals surface area contributed by atoms with Gasteiger partial charge in [0.2, 0.25) is 0 Å². The van der Waals surface area contributed by atoms with Crippen molar-refractivity contribution in [1.82, 2.24) is 0 Å². The molecular formula is C6H11NaO4S. The first-order valence-electron chi connectivity index (χ1n) is 2.88. The van der Waals surface area contributed by atoms with Crippen molar-refractivity contribution >= 4 is 40.0 Å². The van der Waals surface area contributed by atoms with E-state index in [0.717, 1.165) is 0 Å². The van der Waals surface area contributed by atoms with Crippen LogP contribution in [0.15, 0.2) is 25.3 Å². The third-order valence-corrected chi connectivity index (χ3v) is 1.51. The third-order valence-electron chi connectivity index (χ3n) is 0.660. The topological polar surface area (TPSA) is 52.6 Å². The third kappa shape index (κ3) is 8.45. The SMILES string of the molecule is C=CCOS(=O)(=O)OCC=C.[NaH]. The molecule has 0 saturated heterocycles. The van der Waals surface area contributed by atoms with Crippen LogP contribution in [0, 0.1) is 0 Å². The van der Waals surface area contributed by atoms with E-state index in [9.17, 15) is 8.42 Å². The molecule has 0 heterocycles. The van der Waals surface area contributed by atoms with E-state index in [-0.39, 0.29) is 42.8 Å². The predicted molar refractivity (Wildman–Crippen MR) is 48.4 cm³/mol. The quantitative estimate of drug-likeness (QED) is 0.449. The molecule has 0 bridgehead atoms. The van der Waals surface area contributed by atoms with Crippen molar-refractivity contribution in [2.24, 2.45) is 0 Å². The standard InChI is InChI=1S/C6H10O4S.Na.H/c1-3-5-9-11(7,8)10-6-4-2;;/h3-4H,1-2,5-6H2;;. The van der Waals surface area contributed by atoms with Crippen molar-refractivity contribution in [2.75, 3.05) is 13.2 Å². The molecule has 0 aromatic heterocycles. The fourth-order valence-electron chi connectivity index (χ4n) is 0.297. The average molecular weight is 202 g/mol. The van der Waals surface area contributed by atoms with Gasteiger partial charge in [-0.25, -0.2) is 8.37 Å². The zero-order valence-electron chi connectivity index (χ0n) is 6.02. The second-order valence-corrected chi connectivity index (χ2v) is 2.84. The van der Waals surface area contributed by atoms with Crippen LogP contribution >= 0.6 is 0 Å². The van der Waals surface area contributed by atoms with Gasteiger partial charge in [-0.1, -0.05) is 12.2 Å². The molecule has 0 rings (SSSR count). The summed E-state index contributed by atoms with van der Waals surface area (Å²) in [6.07, 6.45) is 2.63. The summed E-state index contributed by atoms with van der Waals surface area (Å²) >= 11 is 0. The Labute approximate surface area is 94.9 Å². The van der Waals surface area contributed by atoms with Crippen LogP contribution in [0.25, 0.3) is 0 Å². The molecular weight excluding hydrogens is 191 g/mol. The van der Waals surface area contributed by atoms with Gasteiger partial charge in [0, 0.05) is 0 Å². The Morgan fingerprint density at radius 1 is 1.08 bits per heavy atom. The summed E-state index contributed by atoms with van der Waals surface area (Å²) in [5.41, 5.74) is 0. The molecule has 0 spiro atoms. The maximum absolute atomic E-state index is 10.6. The molecule has 0 N–H and O–H groups in total. The van der Waals surface area contributed by atoms with Crippen LogP contribution in [0.2, 0.25) is 0 Å². The Morgan fingerprint density at radius 3 is 1.67 bits per heavy atom. The van der Waals surface area contributed by atoms with Crippen molar-refractivity contribution < 1.29 is 16.8 Å². The summed E-state index contributed by atoms with van der Waals surface area (Å²) in [4.78, 5) is 0. The van der Waals surface area contributed by atoms with Crippen molar-refractivity contribution in [1.29, 1.82) is 0 Å². The fraction of sp³-hybridized carbons (Fsp3) is 0.333. The zero-order chi connectivity index (χ0) is 8.74. The molecule has 12 heavy (non-hydrogen) atoms. The predicted octanol–water partition coefficient (Wildman–Crippen LogP) is -0.0121. The van der Waals surface area contributed by atoms with E-state index in [1.807, 2.05) is 0 Å². The average Bonchev–Trinajstić information content (AvgIpc) is 1.97. The van der Waals surface area contributed by atoms with E-state index in [0.29, 0.717) is 0 Å². The van der Waals surface area contributed by atoms with Crippen molar-refractivity contribution in [3.8, 4) is 0 Å². The van der Waals surface area contributed by atoms with E-state index < -0.39 is 10.4 Å². The zero-order valence-corrected chi connectivity index (χ0v) is 6.84. The molecule has 4 nitrogen and oxygen atoms in total. The molecule has 0 fully saturated rings. The van der Waals surface area contributed by atoms with Gasteiger partial charge in [0.05, 0.1) is 13.2 Å². The molecule has 0 aliphatic carbocycles. The Hall–Kier alpha value is 0.350. The molecule has 0 aliphatic heterocycles. The summed E-state index contributed by atoms with van der Waals surface area (Å²) < 4.78 is 29.7. The summed E-state index contributed by atoms with van der Waals surface area (Å²) in [6.45, 7) is 6.39. The molecule has 66 valence electrons. The van der Waals surface area contributed by atoms with Crippen LogP contribution in [0.1, 0.15) is 0 Å². The van der Waals surface area contributed by atoms with E-state index in [4.69, 9.17) is 0 Å². The van der Waals surface area contributed by atoms with Crippen LogP contribution in [0.5, 0.6) is 0 Å². The van der Waals surface area contributed by atoms with Crippen molar-refractivity contribution in [2.45, 2.75) is 0 Å². The van der Waals surface area contributed by atoms with E-state index in [1.165, 1.54) is 12.2 Å². The van der Waals surface area contributed by atoms with Gasteiger partial charge in [-0.15, -0.1) is 13.2 Å². The van der Waals surface area contributed by atoms with Crippen LogP contribution < -0.4 is 0 Å². The first kappa shape index (κ1) is 14.9. The minimum absolute atomic E-state index is 0. The Kier molecular flexibility index (Phi) is 9.87. The number of hydrogen-bond acceptors (Lipinski definition) is 4. The second kappa shape index (κ2) is 7.97. The van der Waals surface area contributed by atoms with Crippen molar-refractivity contribution in [3.05, 3.63) is 25.3 Å². The first-order chi connectivity index (χ1) is 5.12. The van der Waals surface area contributed by atoms with Crippen LogP contribution in [-0.2, 0) is 18.8 Å². The molecule has 0 saturated carbocycles. The van der Waals surface area contributed by atoms with Gasteiger partial charge in [-0.2, -0.15) is 8.42 Å². The molecule has 0 aliphatic rings. The monoisotopic (exact) mass is 202 g/mol. The first-order valence-corrected chi connectivity index (χ1v) is 4.21. The van der Waals surface area contributed by atoms with Gasteiger partial charge in [0.25, 0.3) is 0 Å². The summed E-state index contributed by atoms with van der Waals surface area (Å²) in [5.74, 6) is 0. The molecule has 0 unspecified atom stereocenters. The Morgan fingerprint density at radius 2 is 1.42 bits per heavy atom. The molecule has 0 amide bonds. The molecule has 0 radical (unpaired) electrons. The van der Waals surface area contributed by atoms with Gasteiger partial charge in [0.15, 0.2) is 0 Å². The molecule has 0 aromatic carbocycles. The van der Waals surface area contributed by atoms with E-state index >= 15 is 0 Å².